The largest absolute Gasteiger partial charge is 0.397 e. The van der Waals surface area contributed by atoms with Gasteiger partial charge in [-0.05, 0) is 23.6 Å². The lowest BCUT2D eigenvalue weighted by Crippen LogP contribution is -2.49. The molecule has 1 amide bonds. The first-order valence-corrected chi connectivity index (χ1v) is 7.46. The van der Waals surface area contributed by atoms with Gasteiger partial charge >= 0.3 is 0 Å². The summed E-state index contributed by atoms with van der Waals surface area (Å²) < 4.78 is 0. The second kappa shape index (κ2) is 5.50. The summed E-state index contributed by atoms with van der Waals surface area (Å²) in [6.45, 7) is 3.04. The van der Waals surface area contributed by atoms with Crippen molar-refractivity contribution in [3.8, 4) is 0 Å². The van der Waals surface area contributed by atoms with Gasteiger partial charge in [0.15, 0.2) is 0 Å². The quantitative estimate of drug-likeness (QED) is 0.913. The lowest BCUT2D eigenvalue weighted by atomic mass is 10.2. The first-order chi connectivity index (χ1) is 9.74. The molecule has 2 N–H and O–H groups in total. The van der Waals surface area contributed by atoms with Gasteiger partial charge in [0.05, 0.1) is 17.4 Å². The van der Waals surface area contributed by atoms with Crippen LogP contribution in [0.4, 0.5) is 11.5 Å². The number of aromatic nitrogens is 1. The van der Waals surface area contributed by atoms with E-state index in [2.05, 4.69) is 9.88 Å². The van der Waals surface area contributed by atoms with Gasteiger partial charge in [-0.1, -0.05) is 0 Å². The minimum absolute atomic E-state index is 0.121. The van der Waals surface area contributed by atoms with E-state index < -0.39 is 0 Å². The molecule has 0 radical (unpaired) electrons. The number of carbonyl (C=O) groups is 1. The Kier molecular flexibility index (Phi) is 3.56. The normalized spacial score (nSPS) is 15.4. The third kappa shape index (κ3) is 2.60. The Bertz CT molecular complexity index is 574. The van der Waals surface area contributed by atoms with Crippen LogP contribution < -0.4 is 10.6 Å². The van der Waals surface area contributed by atoms with Crippen LogP contribution in [0.15, 0.2) is 35.2 Å². The Morgan fingerprint density at radius 3 is 2.60 bits per heavy atom. The third-order valence-corrected chi connectivity index (χ3v) is 4.11. The molecule has 3 heterocycles. The summed E-state index contributed by atoms with van der Waals surface area (Å²) in [6.07, 6.45) is 1.66. The zero-order valence-corrected chi connectivity index (χ0v) is 11.8. The number of anilines is 2. The third-order valence-electron chi connectivity index (χ3n) is 3.43. The summed E-state index contributed by atoms with van der Waals surface area (Å²) in [5.74, 6) is 1.04. The molecule has 1 aliphatic heterocycles. The molecule has 1 aliphatic rings. The Balaban J connectivity index is 1.62. The molecule has 3 rings (SSSR count). The van der Waals surface area contributed by atoms with Crippen LogP contribution in [0.1, 0.15) is 10.4 Å². The van der Waals surface area contributed by atoms with Crippen molar-refractivity contribution in [2.75, 3.05) is 36.8 Å². The standard InChI is InChI=1S/C14H16N4OS/c15-12-1-2-13(16-9-12)17-4-6-18(7-5-17)14(19)11-3-8-20-10-11/h1-3,8-10H,4-7,15H2. The highest BCUT2D eigenvalue weighted by Gasteiger charge is 2.22. The smallest absolute Gasteiger partial charge is 0.254 e. The van der Waals surface area contributed by atoms with E-state index in [1.54, 1.807) is 17.5 Å². The van der Waals surface area contributed by atoms with E-state index in [1.807, 2.05) is 33.9 Å². The molecule has 2 aromatic rings. The zero-order chi connectivity index (χ0) is 13.9. The summed E-state index contributed by atoms with van der Waals surface area (Å²) in [6, 6.07) is 5.65. The summed E-state index contributed by atoms with van der Waals surface area (Å²) in [5.41, 5.74) is 7.09. The van der Waals surface area contributed by atoms with Gasteiger partial charge in [0.25, 0.3) is 5.91 Å². The van der Waals surface area contributed by atoms with Gasteiger partial charge in [0.1, 0.15) is 5.82 Å². The topological polar surface area (TPSA) is 62.5 Å². The van der Waals surface area contributed by atoms with Gasteiger partial charge in [-0.15, -0.1) is 0 Å². The average molecular weight is 288 g/mol. The summed E-state index contributed by atoms with van der Waals surface area (Å²) in [7, 11) is 0. The molecule has 20 heavy (non-hydrogen) atoms. The van der Waals surface area contributed by atoms with Crippen molar-refractivity contribution in [2.45, 2.75) is 0 Å². The molecule has 0 saturated carbocycles. The molecule has 2 aromatic heterocycles. The Labute approximate surface area is 121 Å². The van der Waals surface area contributed by atoms with E-state index in [4.69, 9.17) is 5.73 Å². The fraction of sp³-hybridized carbons (Fsp3) is 0.286. The Morgan fingerprint density at radius 2 is 2.00 bits per heavy atom. The first kappa shape index (κ1) is 12.9. The first-order valence-electron chi connectivity index (χ1n) is 6.52. The van der Waals surface area contributed by atoms with Crippen molar-refractivity contribution in [3.63, 3.8) is 0 Å². The number of thiophene rings is 1. The Hall–Kier alpha value is -2.08. The number of nitrogen functional groups attached to an aromatic ring is 1. The molecule has 5 nitrogen and oxygen atoms in total. The number of nitrogens with zero attached hydrogens (tertiary/aromatic N) is 3. The van der Waals surface area contributed by atoms with Gasteiger partial charge in [-0.2, -0.15) is 11.3 Å². The van der Waals surface area contributed by atoms with Crippen LogP contribution in [0.2, 0.25) is 0 Å². The number of amides is 1. The van der Waals surface area contributed by atoms with Gasteiger partial charge in [0.2, 0.25) is 0 Å². The van der Waals surface area contributed by atoms with Crippen LogP contribution in [0.25, 0.3) is 0 Å². The van der Waals surface area contributed by atoms with Crippen molar-refractivity contribution in [1.82, 2.24) is 9.88 Å². The van der Waals surface area contributed by atoms with Crippen molar-refractivity contribution in [1.29, 1.82) is 0 Å². The van der Waals surface area contributed by atoms with E-state index in [9.17, 15) is 4.79 Å². The van der Waals surface area contributed by atoms with Crippen LogP contribution in [0.5, 0.6) is 0 Å². The van der Waals surface area contributed by atoms with Crippen molar-refractivity contribution >= 4 is 28.7 Å². The second-order valence-electron chi connectivity index (χ2n) is 4.74. The SMILES string of the molecule is Nc1ccc(N2CCN(C(=O)c3ccsc3)CC2)nc1. The van der Waals surface area contributed by atoms with Crippen molar-refractivity contribution < 1.29 is 4.79 Å². The molecular formula is C14H16N4OS. The molecule has 1 saturated heterocycles. The number of pyridine rings is 1. The molecule has 1 fully saturated rings. The summed E-state index contributed by atoms with van der Waals surface area (Å²) in [5, 5.41) is 3.83. The summed E-state index contributed by atoms with van der Waals surface area (Å²) >= 11 is 1.55. The van der Waals surface area contributed by atoms with Crippen molar-refractivity contribution in [2.24, 2.45) is 0 Å². The van der Waals surface area contributed by atoms with Gasteiger partial charge in [-0.3, -0.25) is 4.79 Å². The maximum atomic E-state index is 12.2. The minimum atomic E-state index is 0.121. The number of carbonyl (C=O) groups excluding carboxylic acids is 1. The van der Waals surface area contributed by atoms with E-state index in [-0.39, 0.29) is 5.91 Å². The number of hydrogen-bond donors (Lipinski definition) is 1. The number of nitrogens with two attached hydrogens (primary N) is 1. The average Bonchev–Trinajstić information content (AvgIpc) is 3.02. The molecule has 104 valence electrons. The highest BCUT2D eigenvalue weighted by molar-refractivity contribution is 7.08. The molecule has 0 unspecified atom stereocenters. The molecule has 0 spiro atoms. The maximum Gasteiger partial charge on any atom is 0.254 e. The molecule has 0 bridgehead atoms. The van der Waals surface area contributed by atoms with E-state index in [0.717, 1.165) is 37.6 Å². The molecule has 0 atom stereocenters. The van der Waals surface area contributed by atoms with Crippen LogP contribution in [0.3, 0.4) is 0 Å². The molecule has 0 aliphatic carbocycles. The fourth-order valence-electron chi connectivity index (χ4n) is 2.29. The Morgan fingerprint density at radius 1 is 1.20 bits per heavy atom. The lowest BCUT2D eigenvalue weighted by Gasteiger charge is -2.35. The monoisotopic (exact) mass is 288 g/mol. The zero-order valence-electron chi connectivity index (χ0n) is 11.0. The highest BCUT2D eigenvalue weighted by atomic mass is 32.1. The maximum absolute atomic E-state index is 12.2. The van der Waals surface area contributed by atoms with Crippen LogP contribution in [0, 0.1) is 0 Å². The highest BCUT2D eigenvalue weighted by Crippen LogP contribution is 2.16. The molecule has 0 aromatic carbocycles. The summed E-state index contributed by atoms with van der Waals surface area (Å²) in [4.78, 5) is 20.6. The van der Waals surface area contributed by atoms with Gasteiger partial charge < -0.3 is 15.5 Å². The molecular weight excluding hydrogens is 272 g/mol. The van der Waals surface area contributed by atoms with E-state index in [1.165, 1.54) is 0 Å². The van der Waals surface area contributed by atoms with Crippen molar-refractivity contribution in [3.05, 3.63) is 40.7 Å². The fourth-order valence-corrected chi connectivity index (χ4v) is 2.92. The van der Waals surface area contributed by atoms with E-state index >= 15 is 0 Å². The van der Waals surface area contributed by atoms with Gasteiger partial charge in [-0.25, -0.2) is 4.98 Å². The molecule has 6 heteroatoms. The van der Waals surface area contributed by atoms with Crippen LogP contribution >= 0.6 is 11.3 Å². The number of hydrogen-bond acceptors (Lipinski definition) is 5. The van der Waals surface area contributed by atoms with Crippen LogP contribution in [-0.2, 0) is 0 Å². The van der Waals surface area contributed by atoms with Gasteiger partial charge in [0, 0.05) is 31.6 Å². The van der Waals surface area contributed by atoms with Crippen LogP contribution in [-0.4, -0.2) is 42.0 Å². The lowest BCUT2D eigenvalue weighted by molar-refractivity contribution is 0.0747. The van der Waals surface area contributed by atoms with E-state index in [0.29, 0.717) is 5.69 Å². The number of piperazine rings is 1. The second-order valence-corrected chi connectivity index (χ2v) is 5.52. The number of rotatable bonds is 2. The minimum Gasteiger partial charge on any atom is -0.397 e. The predicted molar refractivity (Wildman–Crippen MR) is 81.1 cm³/mol. The predicted octanol–water partition coefficient (Wildman–Crippen LogP) is 1.69.